The van der Waals surface area contributed by atoms with Crippen LogP contribution in [0.2, 0.25) is 0 Å². The number of fused-ring (bicyclic) bond motifs is 1. The maximum atomic E-state index is 12.9. The van der Waals surface area contributed by atoms with Gasteiger partial charge in [-0.2, -0.15) is 0 Å². The van der Waals surface area contributed by atoms with Crippen molar-refractivity contribution in [3.8, 4) is 0 Å². The van der Waals surface area contributed by atoms with Crippen LogP contribution in [0.3, 0.4) is 0 Å². The Morgan fingerprint density at radius 3 is 2.54 bits per heavy atom. The lowest BCUT2D eigenvalue weighted by Crippen LogP contribution is -2.52. The van der Waals surface area contributed by atoms with Gasteiger partial charge in [-0.1, -0.05) is 18.3 Å². The second-order valence-corrected chi connectivity index (χ2v) is 8.50. The smallest absolute Gasteiger partial charge is 0.225 e. The van der Waals surface area contributed by atoms with Crippen molar-refractivity contribution in [2.24, 2.45) is 5.92 Å². The van der Waals surface area contributed by atoms with Gasteiger partial charge in [-0.05, 0) is 31.4 Å². The summed E-state index contributed by atoms with van der Waals surface area (Å²) in [6.07, 6.45) is 4.87. The molecular formula is C20H27N5O2S. The summed E-state index contributed by atoms with van der Waals surface area (Å²) in [7, 11) is 0. The zero-order valence-corrected chi connectivity index (χ0v) is 17.2. The third-order valence-electron chi connectivity index (χ3n) is 5.68. The van der Waals surface area contributed by atoms with E-state index < -0.39 is 0 Å². The van der Waals surface area contributed by atoms with Gasteiger partial charge in [0.25, 0.3) is 0 Å². The van der Waals surface area contributed by atoms with Crippen molar-refractivity contribution in [1.29, 1.82) is 0 Å². The highest BCUT2D eigenvalue weighted by Gasteiger charge is 2.31. The van der Waals surface area contributed by atoms with Gasteiger partial charge in [0.2, 0.25) is 11.8 Å². The molecule has 2 aliphatic rings. The summed E-state index contributed by atoms with van der Waals surface area (Å²) in [5.74, 6) is 0.546. The van der Waals surface area contributed by atoms with Crippen LogP contribution in [0.25, 0.3) is 10.3 Å². The highest BCUT2D eigenvalue weighted by atomic mass is 32.1. The van der Waals surface area contributed by atoms with Crippen LogP contribution in [0.4, 0.5) is 5.13 Å². The first-order chi connectivity index (χ1) is 13.7. The number of likely N-dealkylation sites (tertiary alicyclic amines) is 1. The first-order valence-corrected chi connectivity index (χ1v) is 11.0. The van der Waals surface area contributed by atoms with Crippen molar-refractivity contribution in [1.82, 2.24) is 19.8 Å². The Bertz CT molecular complexity index is 805. The van der Waals surface area contributed by atoms with E-state index in [2.05, 4.69) is 14.9 Å². The molecule has 0 saturated carbocycles. The average Bonchev–Trinajstić information content (AvgIpc) is 3.18. The van der Waals surface area contributed by atoms with Gasteiger partial charge < -0.3 is 14.7 Å². The Kier molecular flexibility index (Phi) is 5.75. The topological polar surface area (TPSA) is 69.6 Å². The molecule has 2 amide bonds. The molecule has 0 aromatic carbocycles. The quantitative estimate of drug-likeness (QED) is 0.787. The van der Waals surface area contributed by atoms with E-state index in [0.29, 0.717) is 19.5 Å². The van der Waals surface area contributed by atoms with E-state index in [4.69, 9.17) is 0 Å². The lowest BCUT2D eigenvalue weighted by atomic mass is 9.94. The number of carbonyl (C=O) groups is 2. The number of carbonyl (C=O) groups excluding carboxylic acids is 2. The van der Waals surface area contributed by atoms with E-state index in [-0.39, 0.29) is 17.7 Å². The molecule has 8 heteroatoms. The van der Waals surface area contributed by atoms with Crippen LogP contribution >= 0.6 is 11.3 Å². The van der Waals surface area contributed by atoms with E-state index >= 15 is 0 Å². The Morgan fingerprint density at radius 1 is 1.11 bits per heavy atom. The predicted octanol–water partition coefficient (Wildman–Crippen LogP) is 2.38. The monoisotopic (exact) mass is 401 g/mol. The highest BCUT2D eigenvalue weighted by Crippen LogP contribution is 2.28. The number of nitrogens with zero attached hydrogens (tertiary/aromatic N) is 5. The summed E-state index contributed by atoms with van der Waals surface area (Å²) in [4.78, 5) is 41.1. The summed E-state index contributed by atoms with van der Waals surface area (Å²) in [5, 5.41) is 0.989. The standard InChI is InChI=1S/C20H27N5O2S/c1-2-4-17(26)23-9-6-15(7-10-23)19(27)24-11-13-25(14-12-24)20-22-16-5-3-8-21-18(16)28-20/h3,5,8,15H,2,4,6-7,9-14H2,1H3. The molecule has 4 heterocycles. The van der Waals surface area contributed by atoms with Gasteiger partial charge in [0.15, 0.2) is 5.13 Å². The van der Waals surface area contributed by atoms with Crippen LogP contribution in [0.5, 0.6) is 0 Å². The molecule has 0 spiro atoms. The van der Waals surface area contributed by atoms with Crippen molar-refractivity contribution >= 4 is 38.6 Å². The molecule has 2 aliphatic heterocycles. The zero-order valence-electron chi connectivity index (χ0n) is 16.3. The van der Waals surface area contributed by atoms with Crippen LogP contribution in [0.15, 0.2) is 18.3 Å². The summed E-state index contributed by atoms with van der Waals surface area (Å²) in [6, 6.07) is 3.89. The first kappa shape index (κ1) is 19.1. The molecule has 0 atom stereocenters. The fourth-order valence-corrected chi connectivity index (χ4v) is 4.98. The molecule has 0 unspecified atom stereocenters. The van der Waals surface area contributed by atoms with E-state index in [0.717, 1.165) is 60.9 Å². The third-order valence-corrected chi connectivity index (χ3v) is 6.72. The van der Waals surface area contributed by atoms with Crippen LogP contribution in [0.1, 0.15) is 32.6 Å². The number of rotatable bonds is 4. The fraction of sp³-hybridized carbons (Fsp3) is 0.600. The second-order valence-electron chi connectivity index (χ2n) is 7.54. The Balaban J connectivity index is 1.29. The number of aromatic nitrogens is 2. The van der Waals surface area contributed by atoms with Gasteiger partial charge in [0.1, 0.15) is 10.3 Å². The number of piperidine rings is 1. The molecule has 0 bridgehead atoms. The normalized spacial score (nSPS) is 18.7. The molecule has 0 radical (unpaired) electrons. The number of thiazole rings is 1. The minimum Gasteiger partial charge on any atom is -0.344 e. The van der Waals surface area contributed by atoms with E-state index in [9.17, 15) is 9.59 Å². The van der Waals surface area contributed by atoms with Crippen LogP contribution < -0.4 is 4.90 Å². The molecule has 0 N–H and O–H groups in total. The molecule has 0 aliphatic carbocycles. The van der Waals surface area contributed by atoms with E-state index in [1.807, 2.05) is 28.9 Å². The van der Waals surface area contributed by atoms with Crippen molar-refractivity contribution in [3.05, 3.63) is 18.3 Å². The lowest BCUT2D eigenvalue weighted by Gasteiger charge is -2.38. The van der Waals surface area contributed by atoms with Crippen molar-refractivity contribution in [2.75, 3.05) is 44.2 Å². The van der Waals surface area contributed by atoms with Crippen molar-refractivity contribution in [2.45, 2.75) is 32.6 Å². The Labute approximate surface area is 169 Å². The SMILES string of the molecule is CCCC(=O)N1CCC(C(=O)N2CCN(c3nc4cccnc4s3)CC2)CC1. The van der Waals surface area contributed by atoms with Gasteiger partial charge in [-0.25, -0.2) is 9.97 Å². The number of anilines is 1. The first-order valence-electron chi connectivity index (χ1n) is 10.2. The van der Waals surface area contributed by atoms with Gasteiger partial charge >= 0.3 is 0 Å². The molecule has 4 rings (SSSR count). The molecule has 150 valence electrons. The van der Waals surface area contributed by atoms with E-state index in [1.165, 1.54) is 0 Å². The summed E-state index contributed by atoms with van der Waals surface area (Å²) in [6.45, 7) is 6.54. The molecule has 2 aromatic rings. The van der Waals surface area contributed by atoms with Crippen LogP contribution in [-0.2, 0) is 9.59 Å². The number of pyridine rings is 1. The summed E-state index contributed by atoms with van der Waals surface area (Å²) < 4.78 is 0. The van der Waals surface area contributed by atoms with Crippen LogP contribution in [0, 0.1) is 5.92 Å². The van der Waals surface area contributed by atoms with Gasteiger partial charge in [0.05, 0.1) is 0 Å². The lowest BCUT2D eigenvalue weighted by molar-refractivity contribution is -0.141. The summed E-state index contributed by atoms with van der Waals surface area (Å²) in [5.41, 5.74) is 0.936. The van der Waals surface area contributed by atoms with Gasteiger partial charge in [-0.15, -0.1) is 0 Å². The fourth-order valence-electron chi connectivity index (χ4n) is 4.02. The maximum absolute atomic E-state index is 12.9. The Hall–Kier alpha value is -2.22. The molecular weight excluding hydrogens is 374 g/mol. The van der Waals surface area contributed by atoms with Gasteiger partial charge in [-0.3, -0.25) is 9.59 Å². The third kappa shape index (κ3) is 3.97. The molecule has 28 heavy (non-hydrogen) atoms. The maximum Gasteiger partial charge on any atom is 0.225 e. The Morgan fingerprint density at radius 2 is 1.86 bits per heavy atom. The van der Waals surface area contributed by atoms with Crippen molar-refractivity contribution < 1.29 is 9.59 Å². The minimum absolute atomic E-state index is 0.0591. The molecule has 2 fully saturated rings. The zero-order chi connectivity index (χ0) is 19.5. The number of hydrogen-bond donors (Lipinski definition) is 0. The largest absolute Gasteiger partial charge is 0.344 e. The average molecular weight is 402 g/mol. The van der Waals surface area contributed by atoms with Crippen molar-refractivity contribution in [3.63, 3.8) is 0 Å². The number of piperazine rings is 1. The highest BCUT2D eigenvalue weighted by molar-refractivity contribution is 7.21. The predicted molar refractivity (Wildman–Crippen MR) is 110 cm³/mol. The molecule has 2 saturated heterocycles. The van der Waals surface area contributed by atoms with E-state index in [1.54, 1.807) is 17.5 Å². The minimum atomic E-state index is 0.0591. The van der Waals surface area contributed by atoms with Gasteiger partial charge in [0, 0.05) is 57.8 Å². The second kappa shape index (κ2) is 8.43. The van der Waals surface area contributed by atoms with Crippen LogP contribution in [-0.4, -0.2) is 70.9 Å². The number of amides is 2. The molecule has 7 nitrogen and oxygen atoms in total. The summed E-state index contributed by atoms with van der Waals surface area (Å²) >= 11 is 1.61. The number of hydrogen-bond acceptors (Lipinski definition) is 6. The molecule has 2 aromatic heterocycles.